The average Bonchev–Trinajstić information content (AvgIpc) is 3.32. The predicted octanol–water partition coefficient (Wildman–Crippen LogP) is 18.5. The van der Waals surface area contributed by atoms with E-state index in [2.05, 4.69) is 31.3 Å². The number of carbonyl (C=O) groups is 2. The molecule has 0 aromatic carbocycles. The third kappa shape index (κ3) is 52.0. The van der Waals surface area contributed by atoms with E-state index in [0.29, 0.717) is 25.9 Å². The van der Waals surface area contributed by atoms with Crippen molar-refractivity contribution in [2.24, 2.45) is 0 Å². The van der Waals surface area contributed by atoms with Crippen LogP contribution in [0.5, 0.6) is 0 Å². The Kier molecular flexibility index (Phi) is 55.0. The number of unbranched alkanes of at least 4 members (excludes halogenated alkanes) is 43. The second kappa shape index (κ2) is 56.2. The molecule has 2 unspecified atom stereocenters. The van der Waals surface area contributed by atoms with Gasteiger partial charge in [0.2, 0.25) is 5.91 Å². The monoisotopic (exact) mass is 932 g/mol. The SMILES string of the molecule is CCCCC/C=C\CCCCCCCC(=O)OCCCCCCCCCCCCCCCCCCCCCCCCCCCCCCC(=O)NC(CO)C(O)CCCCCCCCCCC. The molecule has 6 nitrogen and oxygen atoms in total. The molecule has 0 radical (unpaired) electrons. The highest BCUT2D eigenvalue weighted by molar-refractivity contribution is 5.76. The molecule has 2 atom stereocenters. The third-order valence-corrected chi connectivity index (χ3v) is 14.1. The van der Waals surface area contributed by atoms with E-state index >= 15 is 0 Å². The number of carbonyl (C=O) groups excluding carboxylic acids is 2. The number of hydrogen-bond donors (Lipinski definition) is 3. The first-order valence-corrected chi connectivity index (χ1v) is 29.9. The molecule has 0 aliphatic rings. The summed E-state index contributed by atoms with van der Waals surface area (Å²) in [6.07, 6.45) is 66.6. The van der Waals surface area contributed by atoms with Gasteiger partial charge in [0.05, 0.1) is 25.4 Å². The molecule has 0 rings (SSSR count). The second-order valence-electron chi connectivity index (χ2n) is 20.7. The number of rotatable bonds is 56. The lowest BCUT2D eigenvalue weighted by Crippen LogP contribution is -2.45. The first-order valence-electron chi connectivity index (χ1n) is 29.9. The fourth-order valence-electron chi connectivity index (χ4n) is 9.46. The molecule has 6 heteroatoms. The summed E-state index contributed by atoms with van der Waals surface area (Å²) in [7, 11) is 0. The van der Waals surface area contributed by atoms with Gasteiger partial charge in [-0.2, -0.15) is 0 Å². The van der Waals surface area contributed by atoms with E-state index in [1.807, 2.05) is 0 Å². The number of nitrogens with one attached hydrogen (secondary N) is 1. The van der Waals surface area contributed by atoms with E-state index in [0.717, 1.165) is 44.9 Å². The fraction of sp³-hybridized carbons (Fsp3) is 0.933. The van der Waals surface area contributed by atoms with Gasteiger partial charge in [0.15, 0.2) is 0 Å². The Labute approximate surface area is 412 Å². The van der Waals surface area contributed by atoms with Gasteiger partial charge in [-0.3, -0.25) is 9.59 Å². The Bertz CT molecular complexity index is 986. The van der Waals surface area contributed by atoms with Gasteiger partial charge in [-0.25, -0.2) is 0 Å². The van der Waals surface area contributed by atoms with Gasteiger partial charge in [0, 0.05) is 12.8 Å². The first-order chi connectivity index (χ1) is 32.5. The number of allylic oxidation sites excluding steroid dienone is 2. The van der Waals surface area contributed by atoms with Crippen LogP contribution >= 0.6 is 0 Å². The lowest BCUT2D eigenvalue weighted by Gasteiger charge is -2.22. The van der Waals surface area contributed by atoms with Crippen LogP contribution in [0.25, 0.3) is 0 Å². The largest absolute Gasteiger partial charge is 0.466 e. The molecule has 3 N–H and O–H groups in total. The number of amides is 1. The van der Waals surface area contributed by atoms with Crippen LogP contribution in [-0.4, -0.2) is 47.4 Å². The standard InChI is InChI=1S/C60H117NO5/c1-3-5-7-9-11-13-14-34-38-42-46-50-54-60(65)66-55-51-47-43-39-35-32-30-28-26-24-22-20-18-16-15-17-19-21-23-25-27-29-31-33-37-41-45-49-53-59(64)61-57(56-62)58(63)52-48-44-40-36-12-10-8-6-4-2/h11,13,57-58,62-63H,3-10,12,14-56H2,1-2H3,(H,61,64)/b13-11-. The van der Waals surface area contributed by atoms with Crippen molar-refractivity contribution in [3.63, 3.8) is 0 Å². The van der Waals surface area contributed by atoms with Crippen LogP contribution in [0.4, 0.5) is 0 Å². The minimum absolute atomic E-state index is 0.00886. The van der Waals surface area contributed by atoms with Crippen LogP contribution in [0.1, 0.15) is 335 Å². The maximum Gasteiger partial charge on any atom is 0.305 e. The minimum atomic E-state index is -0.658. The molecule has 0 heterocycles. The van der Waals surface area contributed by atoms with Gasteiger partial charge in [-0.05, 0) is 51.4 Å². The van der Waals surface area contributed by atoms with Gasteiger partial charge >= 0.3 is 5.97 Å². The highest BCUT2D eigenvalue weighted by Crippen LogP contribution is 2.18. The van der Waals surface area contributed by atoms with Gasteiger partial charge in [-0.15, -0.1) is 0 Å². The van der Waals surface area contributed by atoms with Crippen LogP contribution in [0.15, 0.2) is 12.2 Å². The summed E-state index contributed by atoms with van der Waals surface area (Å²) in [6, 6.07) is -0.536. The zero-order valence-electron chi connectivity index (χ0n) is 44.7. The molecule has 0 aliphatic carbocycles. The van der Waals surface area contributed by atoms with Crippen molar-refractivity contribution in [2.45, 2.75) is 347 Å². The zero-order chi connectivity index (χ0) is 47.9. The quantitative estimate of drug-likeness (QED) is 0.0321. The lowest BCUT2D eigenvalue weighted by molar-refractivity contribution is -0.143. The summed E-state index contributed by atoms with van der Waals surface area (Å²) in [5.41, 5.74) is 0. The van der Waals surface area contributed by atoms with Crippen molar-refractivity contribution < 1.29 is 24.5 Å². The zero-order valence-corrected chi connectivity index (χ0v) is 44.7. The summed E-state index contributed by atoms with van der Waals surface area (Å²) < 4.78 is 5.47. The Morgan fingerprint density at radius 2 is 0.712 bits per heavy atom. The smallest absolute Gasteiger partial charge is 0.305 e. The third-order valence-electron chi connectivity index (χ3n) is 14.1. The molecule has 0 spiro atoms. The van der Waals surface area contributed by atoms with E-state index in [-0.39, 0.29) is 18.5 Å². The average molecular weight is 933 g/mol. The maximum atomic E-state index is 12.4. The lowest BCUT2D eigenvalue weighted by atomic mass is 10.0. The molecule has 0 bridgehead atoms. The van der Waals surface area contributed by atoms with E-state index < -0.39 is 12.1 Å². The number of esters is 1. The molecule has 0 fully saturated rings. The Hall–Kier alpha value is -1.40. The Morgan fingerprint density at radius 3 is 1.11 bits per heavy atom. The van der Waals surface area contributed by atoms with Crippen LogP contribution in [-0.2, 0) is 14.3 Å². The number of hydrogen-bond acceptors (Lipinski definition) is 5. The first kappa shape index (κ1) is 64.6. The van der Waals surface area contributed by atoms with E-state index in [4.69, 9.17) is 4.74 Å². The van der Waals surface area contributed by atoms with Gasteiger partial charge in [-0.1, -0.05) is 283 Å². The highest BCUT2D eigenvalue weighted by Gasteiger charge is 2.20. The van der Waals surface area contributed by atoms with E-state index in [1.165, 1.54) is 257 Å². The van der Waals surface area contributed by atoms with E-state index in [1.54, 1.807) is 0 Å². The van der Waals surface area contributed by atoms with Crippen molar-refractivity contribution in [3.05, 3.63) is 12.2 Å². The molecular formula is C60H117NO5. The molecule has 392 valence electrons. The molecule has 0 aromatic heterocycles. The van der Waals surface area contributed by atoms with Crippen molar-refractivity contribution in [1.82, 2.24) is 5.32 Å². The molecule has 0 aliphatic heterocycles. The number of aliphatic hydroxyl groups is 2. The summed E-state index contributed by atoms with van der Waals surface area (Å²) in [5, 5.41) is 23.1. The van der Waals surface area contributed by atoms with Gasteiger partial charge < -0.3 is 20.3 Å². The van der Waals surface area contributed by atoms with Crippen molar-refractivity contribution in [2.75, 3.05) is 13.2 Å². The molecular weight excluding hydrogens is 815 g/mol. The Morgan fingerprint density at radius 1 is 0.409 bits per heavy atom. The van der Waals surface area contributed by atoms with Gasteiger partial charge in [0.1, 0.15) is 0 Å². The number of aliphatic hydroxyl groups excluding tert-OH is 2. The Balaban J connectivity index is 3.30. The van der Waals surface area contributed by atoms with Crippen molar-refractivity contribution >= 4 is 11.9 Å². The molecule has 0 saturated carbocycles. The minimum Gasteiger partial charge on any atom is -0.466 e. The summed E-state index contributed by atoms with van der Waals surface area (Å²) in [6.45, 7) is 4.92. The van der Waals surface area contributed by atoms with Crippen LogP contribution in [0, 0.1) is 0 Å². The number of ether oxygens (including phenoxy) is 1. The molecule has 0 aromatic rings. The maximum absolute atomic E-state index is 12.4. The highest BCUT2D eigenvalue weighted by atomic mass is 16.5. The molecule has 1 amide bonds. The van der Waals surface area contributed by atoms with Gasteiger partial charge in [0.25, 0.3) is 0 Å². The summed E-state index contributed by atoms with van der Waals surface area (Å²) in [5.74, 6) is -0.0241. The topological polar surface area (TPSA) is 95.9 Å². The summed E-state index contributed by atoms with van der Waals surface area (Å²) in [4.78, 5) is 24.4. The van der Waals surface area contributed by atoms with Crippen molar-refractivity contribution in [1.29, 1.82) is 0 Å². The second-order valence-corrected chi connectivity index (χ2v) is 20.7. The normalized spacial score (nSPS) is 12.6. The van der Waals surface area contributed by atoms with Crippen LogP contribution < -0.4 is 5.32 Å². The fourth-order valence-corrected chi connectivity index (χ4v) is 9.46. The van der Waals surface area contributed by atoms with E-state index in [9.17, 15) is 19.8 Å². The van der Waals surface area contributed by atoms with Crippen LogP contribution in [0.2, 0.25) is 0 Å². The summed E-state index contributed by atoms with van der Waals surface area (Å²) >= 11 is 0. The van der Waals surface area contributed by atoms with Crippen molar-refractivity contribution in [3.8, 4) is 0 Å². The predicted molar refractivity (Wildman–Crippen MR) is 287 cm³/mol. The molecule has 66 heavy (non-hydrogen) atoms. The molecule has 0 saturated heterocycles. The van der Waals surface area contributed by atoms with Crippen LogP contribution in [0.3, 0.4) is 0 Å².